The fourth-order valence-electron chi connectivity index (χ4n) is 3.17. The SMILES string of the molecule is O=C(CN1C(=O)c2ccccc2S1(=O)=O)Nc1ccc(S(=O)(=O)Nc2ccc(Cl)cc2)cc1. The summed E-state index contributed by atoms with van der Waals surface area (Å²) in [5.41, 5.74) is 0.564. The van der Waals surface area contributed by atoms with Gasteiger partial charge in [-0.2, -0.15) is 0 Å². The minimum Gasteiger partial charge on any atom is -0.325 e. The van der Waals surface area contributed by atoms with Crippen molar-refractivity contribution in [3.63, 3.8) is 0 Å². The molecule has 2 amide bonds. The van der Waals surface area contributed by atoms with Crippen molar-refractivity contribution in [1.82, 2.24) is 4.31 Å². The minimum atomic E-state index is -4.11. The number of benzene rings is 3. The number of carbonyl (C=O) groups excluding carboxylic acids is 2. The van der Waals surface area contributed by atoms with Crippen LogP contribution in [0.5, 0.6) is 0 Å². The molecule has 33 heavy (non-hydrogen) atoms. The van der Waals surface area contributed by atoms with Gasteiger partial charge in [-0.1, -0.05) is 23.7 Å². The lowest BCUT2D eigenvalue weighted by atomic mass is 10.2. The van der Waals surface area contributed by atoms with E-state index in [1.54, 1.807) is 12.1 Å². The Morgan fingerprint density at radius 1 is 0.909 bits per heavy atom. The number of hydrogen-bond acceptors (Lipinski definition) is 6. The Labute approximate surface area is 195 Å². The van der Waals surface area contributed by atoms with Crippen LogP contribution in [0.3, 0.4) is 0 Å². The number of carbonyl (C=O) groups is 2. The molecule has 170 valence electrons. The van der Waals surface area contributed by atoms with Crippen molar-refractivity contribution >= 4 is 54.8 Å². The molecule has 1 aliphatic rings. The van der Waals surface area contributed by atoms with E-state index in [1.165, 1.54) is 60.7 Å². The summed E-state index contributed by atoms with van der Waals surface area (Å²) in [4.78, 5) is 24.6. The van der Waals surface area contributed by atoms with Gasteiger partial charge in [-0.15, -0.1) is 0 Å². The van der Waals surface area contributed by atoms with E-state index in [0.717, 1.165) is 0 Å². The van der Waals surface area contributed by atoms with Crippen LogP contribution in [0.1, 0.15) is 10.4 Å². The molecular weight excluding hydrogens is 490 g/mol. The topological polar surface area (TPSA) is 130 Å². The van der Waals surface area contributed by atoms with E-state index >= 15 is 0 Å². The van der Waals surface area contributed by atoms with E-state index in [2.05, 4.69) is 10.0 Å². The first-order valence-corrected chi connectivity index (χ1v) is 12.7. The summed E-state index contributed by atoms with van der Waals surface area (Å²) in [5, 5.41) is 2.92. The van der Waals surface area contributed by atoms with Crippen LogP contribution in [0, 0.1) is 0 Å². The molecule has 2 N–H and O–H groups in total. The highest BCUT2D eigenvalue weighted by Gasteiger charge is 2.41. The second kappa shape index (κ2) is 8.50. The van der Waals surface area contributed by atoms with Gasteiger partial charge in [-0.3, -0.25) is 14.3 Å². The van der Waals surface area contributed by atoms with E-state index in [-0.39, 0.29) is 21.0 Å². The average molecular weight is 506 g/mol. The molecule has 0 fully saturated rings. The number of nitrogens with zero attached hydrogens (tertiary/aromatic N) is 1. The van der Waals surface area contributed by atoms with E-state index in [1.807, 2.05) is 0 Å². The Morgan fingerprint density at radius 2 is 1.52 bits per heavy atom. The number of anilines is 2. The van der Waals surface area contributed by atoms with Gasteiger partial charge in [-0.05, 0) is 60.7 Å². The standard InChI is InChI=1S/C21H16ClN3O6S2/c22-14-5-7-16(8-6-14)24-32(28,29)17-11-9-15(10-12-17)23-20(26)13-25-21(27)18-3-1-2-4-19(18)33(25,30)31/h1-12,24H,13H2,(H,23,26). The van der Waals surface area contributed by atoms with Crippen molar-refractivity contribution in [3.8, 4) is 0 Å². The molecule has 1 aliphatic heterocycles. The molecule has 0 saturated carbocycles. The maximum Gasteiger partial charge on any atom is 0.269 e. The van der Waals surface area contributed by atoms with Gasteiger partial charge < -0.3 is 5.32 Å². The second-order valence-electron chi connectivity index (χ2n) is 7.00. The smallest absolute Gasteiger partial charge is 0.269 e. The first-order chi connectivity index (χ1) is 15.6. The second-order valence-corrected chi connectivity index (χ2v) is 10.9. The quantitative estimate of drug-likeness (QED) is 0.529. The van der Waals surface area contributed by atoms with E-state index in [0.29, 0.717) is 15.0 Å². The van der Waals surface area contributed by atoms with Crippen molar-refractivity contribution in [2.75, 3.05) is 16.6 Å². The molecule has 9 nitrogen and oxygen atoms in total. The third-order valence-electron chi connectivity index (χ3n) is 4.74. The fraction of sp³-hybridized carbons (Fsp3) is 0.0476. The summed E-state index contributed by atoms with van der Waals surface area (Å²) in [6, 6.07) is 17.1. The molecular formula is C21H16ClN3O6S2. The molecule has 3 aromatic carbocycles. The summed E-state index contributed by atoms with van der Waals surface area (Å²) in [6.45, 7) is -0.714. The highest BCUT2D eigenvalue weighted by molar-refractivity contribution is 7.92. The molecule has 12 heteroatoms. The maximum absolute atomic E-state index is 12.6. The van der Waals surface area contributed by atoms with Crippen LogP contribution < -0.4 is 10.0 Å². The van der Waals surface area contributed by atoms with E-state index in [9.17, 15) is 26.4 Å². The Morgan fingerprint density at radius 3 is 2.15 bits per heavy atom. The summed E-state index contributed by atoms with van der Waals surface area (Å²) in [5.74, 6) is -1.54. The highest BCUT2D eigenvalue weighted by Crippen LogP contribution is 2.29. The predicted molar refractivity (Wildman–Crippen MR) is 122 cm³/mol. The maximum atomic E-state index is 12.6. The Balaban J connectivity index is 1.44. The third-order valence-corrected chi connectivity index (χ3v) is 8.18. The van der Waals surface area contributed by atoms with Crippen LogP contribution in [0.25, 0.3) is 0 Å². The number of sulfonamides is 2. The molecule has 1 heterocycles. The molecule has 0 atom stereocenters. The molecule has 0 saturated heterocycles. The van der Waals surface area contributed by atoms with Crippen molar-refractivity contribution in [2.24, 2.45) is 0 Å². The summed E-state index contributed by atoms with van der Waals surface area (Å²) in [6.07, 6.45) is 0. The van der Waals surface area contributed by atoms with Gasteiger partial charge in [0, 0.05) is 16.4 Å². The first kappa shape index (κ1) is 22.8. The number of fused-ring (bicyclic) bond motifs is 1. The van der Waals surface area contributed by atoms with Crippen LogP contribution in [-0.2, 0) is 24.8 Å². The number of rotatable bonds is 6. The summed E-state index contributed by atoms with van der Waals surface area (Å²) < 4.78 is 53.1. The molecule has 0 aromatic heterocycles. The van der Waals surface area contributed by atoms with Crippen LogP contribution in [0.4, 0.5) is 11.4 Å². The molecule has 0 bridgehead atoms. The number of hydrogen-bond donors (Lipinski definition) is 2. The zero-order chi connectivity index (χ0) is 23.8. The molecule has 0 unspecified atom stereocenters. The molecule has 0 spiro atoms. The van der Waals surface area contributed by atoms with Gasteiger partial charge in [0.05, 0.1) is 10.5 Å². The Bertz CT molecular complexity index is 1450. The predicted octanol–water partition coefficient (Wildman–Crippen LogP) is 2.92. The number of halogens is 1. The monoisotopic (exact) mass is 505 g/mol. The first-order valence-electron chi connectivity index (χ1n) is 9.42. The number of amides is 2. The van der Waals surface area contributed by atoms with Gasteiger partial charge in [0.2, 0.25) is 5.91 Å². The Kier molecular flexibility index (Phi) is 5.87. The largest absolute Gasteiger partial charge is 0.325 e. The van der Waals surface area contributed by atoms with Crippen molar-refractivity contribution < 1.29 is 26.4 Å². The molecule has 4 rings (SSSR count). The van der Waals surface area contributed by atoms with Gasteiger partial charge in [0.1, 0.15) is 11.4 Å². The zero-order valence-corrected chi connectivity index (χ0v) is 19.1. The van der Waals surface area contributed by atoms with Gasteiger partial charge in [0.25, 0.3) is 26.0 Å². The van der Waals surface area contributed by atoms with Gasteiger partial charge >= 0.3 is 0 Å². The summed E-state index contributed by atoms with van der Waals surface area (Å²) in [7, 11) is -8.00. The van der Waals surface area contributed by atoms with Crippen LogP contribution in [0.2, 0.25) is 5.02 Å². The molecule has 0 radical (unpaired) electrons. The highest BCUT2D eigenvalue weighted by atomic mass is 35.5. The lowest BCUT2D eigenvalue weighted by Gasteiger charge is -2.15. The van der Waals surface area contributed by atoms with E-state index < -0.39 is 38.4 Å². The van der Waals surface area contributed by atoms with Crippen molar-refractivity contribution in [1.29, 1.82) is 0 Å². The zero-order valence-electron chi connectivity index (χ0n) is 16.7. The third kappa shape index (κ3) is 4.56. The normalized spacial score (nSPS) is 14.6. The minimum absolute atomic E-state index is 0.00745. The van der Waals surface area contributed by atoms with Crippen LogP contribution in [-0.4, -0.2) is 39.5 Å². The van der Waals surface area contributed by atoms with Gasteiger partial charge in [-0.25, -0.2) is 21.1 Å². The van der Waals surface area contributed by atoms with E-state index in [4.69, 9.17) is 11.6 Å². The Hall–Kier alpha value is -3.41. The number of nitrogens with one attached hydrogen (secondary N) is 2. The van der Waals surface area contributed by atoms with Gasteiger partial charge in [0.15, 0.2) is 0 Å². The summed E-state index contributed by atoms with van der Waals surface area (Å²) >= 11 is 5.79. The average Bonchev–Trinajstić information content (AvgIpc) is 2.96. The van der Waals surface area contributed by atoms with Crippen molar-refractivity contribution in [2.45, 2.75) is 9.79 Å². The molecule has 0 aliphatic carbocycles. The molecule has 3 aromatic rings. The van der Waals surface area contributed by atoms with Crippen molar-refractivity contribution in [3.05, 3.63) is 83.4 Å². The fourth-order valence-corrected chi connectivity index (χ4v) is 5.88. The lowest BCUT2D eigenvalue weighted by molar-refractivity contribution is -0.116. The van der Waals surface area contributed by atoms with Crippen LogP contribution >= 0.6 is 11.6 Å². The van der Waals surface area contributed by atoms with Crippen LogP contribution in [0.15, 0.2) is 82.6 Å². The lowest BCUT2D eigenvalue weighted by Crippen LogP contribution is -2.37.